The first-order valence-corrected chi connectivity index (χ1v) is 3.90. The molecule has 0 aliphatic heterocycles. The van der Waals surface area contributed by atoms with Crippen LogP contribution >= 0.6 is 0 Å². The molecule has 1 aromatic heterocycles. The number of nitrogens with one attached hydrogen (secondary N) is 1. The van der Waals surface area contributed by atoms with E-state index < -0.39 is 0 Å². The van der Waals surface area contributed by atoms with Crippen LogP contribution in [-0.2, 0) is 0 Å². The number of rotatable bonds is 3. The third kappa shape index (κ3) is 2.38. The van der Waals surface area contributed by atoms with Gasteiger partial charge in [-0.3, -0.25) is 0 Å². The molecule has 0 aliphatic rings. The smallest absolute Gasteiger partial charge is 0.225 e. The Labute approximate surface area is 72.0 Å². The fraction of sp³-hybridized carbons (Fsp3) is 0.500. The number of anilines is 1. The van der Waals surface area contributed by atoms with Crippen LogP contribution in [0, 0.1) is 0 Å². The standard InChI is InChI=1S/C8H13N3O/c1-6(2)12-7-4-5-10-8(9-3)11-7/h4-6H,1-3H3,(H,9,10,11). The molecule has 0 radical (unpaired) electrons. The van der Waals surface area contributed by atoms with E-state index in [2.05, 4.69) is 15.3 Å². The van der Waals surface area contributed by atoms with E-state index in [1.54, 1.807) is 19.3 Å². The average Bonchev–Trinajstić information content (AvgIpc) is 2.03. The van der Waals surface area contributed by atoms with E-state index in [-0.39, 0.29) is 6.10 Å². The minimum Gasteiger partial charge on any atom is -0.475 e. The van der Waals surface area contributed by atoms with Crippen molar-refractivity contribution in [2.45, 2.75) is 20.0 Å². The second kappa shape index (κ2) is 3.90. The van der Waals surface area contributed by atoms with Gasteiger partial charge in [-0.2, -0.15) is 4.98 Å². The highest BCUT2D eigenvalue weighted by Gasteiger charge is 1.99. The summed E-state index contributed by atoms with van der Waals surface area (Å²) >= 11 is 0. The van der Waals surface area contributed by atoms with Gasteiger partial charge in [0.1, 0.15) is 0 Å². The Morgan fingerprint density at radius 2 is 2.25 bits per heavy atom. The maximum atomic E-state index is 5.37. The summed E-state index contributed by atoms with van der Waals surface area (Å²) in [4.78, 5) is 8.05. The molecule has 0 saturated carbocycles. The molecule has 0 aliphatic carbocycles. The van der Waals surface area contributed by atoms with Crippen LogP contribution in [0.15, 0.2) is 12.3 Å². The van der Waals surface area contributed by atoms with E-state index in [1.165, 1.54) is 0 Å². The first-order valence-electron chi connectivity index (χ1n) is 3.90. The second-order valence-electron chi connectivity index (χ2n) is 2.64. The molecule has 12 heavy (non-hydrogen) atoms. The molecule has 1 N–H and O–H groups in total. The summed E-state index contributed by atoms with van der Waals surface area (Å²) in [6, 6.07) is 1.74. The number of nitrogens with zero attached hydrogens (tertiary/aromatic N) is 2. The van der Waals surface area contributed by atoms with E-state index in [0.29, 0.717) is 11.8 Å². The van der Waals surface area contributed by atoms with Crippen molar-refractivity contribution in [3.8, 4) is 5.88 Å². The van der Waals surface area contributed by atoms with Gasteiger partial charge in [-0.05, 0) is 13.8 Å². The molecular formula is C8H13N3O. The Bertz CT molecular complexity index is 250. The maximum Gasteiger partial charge on any atom is 0.225 e. The zero-order valence-electron chi connectivity index (χ0n) is 7.53. The van der Waals surface area contributed by atoms with Gasteiger partial charge in [-0.1, -0.05) is 0 Å². The third-order valence-corrected chi connectivity index (χ3v) is 1.21. The van der Waals surface area contributed by atoms with Crippen molar-refractivity contribution in [3.63, 3.8) is 0 Å². The van der Waals surface area contributed by atoms with E-state index in [9.17, 15) is 0 Å². The van der Waals surface area contributed by atoms with Crippen LogP contribution < -0.4 is 10.1 Å². The number of ether oxygens (including phenoxy) is 1. The van der Waals surface area contributed by atoms with E-state index in [0.717, 1.165) is 0 Å². The van der Waals surface area contributed by atoms with Crippen LogP contribution in [-0.4, -0.2) is 23.1 Å². The molecule has 1 heterocycles. The van der Waals surface area contributed by atoms with E-state index in [4.69, 9.17) is 4.74 Å². The van der Waals surface area contributed by atoms with Crippen molar-refractivity contribution < 1.29 is 4.74 Å². The zero-order valence-corrected chi connectivity index (χ0v) is 7.53. The van der Waals surface area contributed by atoms with Crippen LogP contribution in [0.3, 0.4) is 0 Å². The molecule has 0 spiro atoms. The van der Waals surface area contributed by atoms with Gasteiger partial charge in [-0.25, -0.2) is 4.98 Å². The quantitative estimate of drug-likeness (QED) is 0.737. The van der Waals surface area contributed by atoms with Gasteiger partial charge in [0.15, 0.2) is 0 Å². The first kappa shape index (κ1) is 8.77. The lowest BCUT2D eigenvalue weighted by Gasteiger charge is -2.08. The Morgan fingerprint density at radius 3 is 2.83 bits per heavy atom. The van der Waals surface area contributed by atoms with Gasteiger partial charge in [0.25, 0.3) is 0 Å². The fourth-order valence-electron chi connectivity index (χ4n) is 0.770. The molecule has 4 heteroatoms. The van der Waals surface area contributed by atoms with Crippen LogP contribution in [0.25, 0.3) is 0 Å². The predicted molar refractivity (Wildman–Crippen MR) is 47.3 cm³/mol. The van der Waals surface area contributed by atoms with Crippen molar-refractivity contribution in [1.29, 1.82) is 0 Å². The topological polar surface area (TPSA) is 47.0 Å². The predicted octanol–water partition coefficient (Wildman–Crippen LogP) is 1.31. The molecule has 4 nitrogen and oxygen atoms in total. The molecule has 0 unspecified atom stereocenters. The van der Waals surface area contributed by atoms with Crippen molar-refractivity contribution in [3.05, 3.63) is 12.3 Å². The molecule has 66 valence electrons. The van der Waals surface area contributed by atoms with Crippen LogP contribution in [0.4, 0.5) is 5.95 Å². The van der Waals surface area contributed by atoms with Crippen molar-refractivity contribution in [1.82, 2.24) is 9.97 Å². The number of aromatic nitrogens is 2. The minimum atomic E-state index is 0.143. The SMILES string of the molecule is CNc1nccc(OC(C)C)n1. The Morgan fingerprint density at radius 1 is 1.50 bits per heavy atom. The van der Waals surface area contributed by atoms with Crippen LogP contribution in [0.1, 0.15) is 13.8 Å². The van der Waals surface area contributed by atoms with Gasteiger partial charge in [-0.15, -0.1) is 0 Å². The van der Waals surface area contributed by atoms with Gasteiger partial charge in [0, 0.05) is 19.3 Å². The van der Waals surface area contributed by atoms with Gasteiger partial charge in [0.2, 0.25) is 11.8 Å². The first-order chi connectivity index (χ1) is 5.72. The molecule has 0 amide bonds. The summed E-state index contributed by atoms with van der Waals surface area (Å²) in [6.45, 7) is 3.92. The maximum absolute atomic E-state index is 5.37. The molecule has 0 aromatic carbocycles. The summed E-state index contributed by atoms with van der Waals surface area (Å²) in [5.41, 5.74) is 0. The summed E-state index contributed by atoms with van der Waals surface area (Å²) in [7, 11) is 1.77. The largest absolute Gasteiger partial charge is 0.475 e. The molecule has 1 rings (SSSR count). The Hall–Kier alpha value is -1.32. The highest BCUT2D eigenvalue weighted by molar-refractivity contribution is 5.26. The van der Waals surface area contributed by atoms with Gasteiger partial charge < -0.3 is 10.1 Å². The summed E-state index contributed by atoms with van der Waals surface area (Å²) in [5, 5.41) is 2.84. The Balaban J connectivity index is 2.72. The lowest BCUT2D eigenvalue weighted by molar-refractivity contribution is 0.232. The average molecular weight is 167 g/mol. The third-order valence-electron chi connectivity index (χ3n) is 1.21. The monoisotopic (exact) mass is 167 g/mol. The van der Waals surface area contributed by atoms with E-state index >= 15 is 0 Å². The molecule has 0 saturated heterocycles. The number of hydrogen-bond donors (Lipinski definition) is 1. The molecular weight excluding hydrogens is 154 g/mol. The fourth-order valence-corrected chi connectivity index (χ4v) is 0.770. The van der Waals surface area contributed by atoms with Gasteiger partial charge >= 0.3 is 0 Å². The highest BCUT2D eigenvalue weighted by Crippen LogP contribution is 2.09. The number of hydrogen-bond acceptors (Lipinski definition) is 4. The van der Waals surface area contributed by atoms with Gasteiger partial charge in [0.05, 0.1) is 6.10 Å². The summed E-state index contributed by atoms with van der Waals surface area (Å²) < 4.78 is 5.37. The molecule has 0 bridgehead atoms. The zero-order chi connectivity index (χ0) is 8.97. The van der Waals surface area contributed by atoms with Crippen LogP contribution in [0.2, 0.25) is 0 Å². The van der Waals surface area contributed by atoms with Crippen molar-refractivity contribution in [2.75, 3.05) is 12.4 Å². The lowest BCUT2D eigenvalue weighted by atomic mass is 10.5. The highest BCUT2D eigenvalue weighted by atomic mass is 16.5. The van der Waals surface area contributed by atoms with Crippen molar-refractivity contribution >= 4 is 5.95 Å². The minimum absolute atomic E-state index is 0.143. The normalized spacial score (nSPS) is 10.0. The molecule has 1 aromatic rings. The second-order valence-corrected chi connectivity index (χ2v) is 2.64. The summed E-state index contributed by atoms with van der Waals surface area (Å²) in [6.07, 6.45) is 1.81. The molecule has 0 atom stereocenters. The van der Waals surface area contributed by atoms with Crippen molar-refractivity contribution in [2.24, 2.45) is 0 Å². The summed E-state index contributed by atoms with van der Waals surface area (Å²) in [5.74, 6) is 1.18. The Kier molecular flexibility index (Phi) is 2.85. The van der Waals surface area contributed by atoms with E-state index in [1.807, 2.05) is 13.8 Å². The lowest BCUT2D eigenvalue weighted by Crippen LogP contribution is -2.08. The van der Waals surface area contributed by atoms with Crippen LogP contribution in [0.5, 0.6) is 5.88 Å². The molecule has 0 fully saturated rings.